The Kier molecular flexibility index (Phi) is 3.81. The summed E-state index contributed by atoms with van der Waals surface area (Å²) in [5.74, 6) is -0.0328. The summed E-state index contributed by atoms with van der Waals surface area (Å²) in [4.78, 5) is 13.5. The molecule has 136 valence electrons. The number of carbonyl (C=O) groups is 1. The van der Waals surface area contributed by atoms with E-state index in [0.717, 1.165) is 36.0 Å². The molecule has 0 saturated carbocycles. The summed E-state index contributed by atoms with van der Waals surface area (Å²) in [5, 5.41) is 13.1. The molecule has 0 bridgehead atoms. The van der Waals surface area contributed by atoms with Crippen LogP contribution in [-0.2, 0) is 4.79 Å². The van der Waals surface area contributed by atoms with Crippen molar-refractivity contribution in [2.75, 3.05) is 0 Å². The van der Waals surface area contributed by atoms with Crippen molar-refractivity contribution >= 4 is 18.3 Å². The largest absolute Gasteiger partial charge is 0.272 e. The van der Waals surface area contributed by atoms with Crippen LogP contribution in [0, 0.1) is 5.92 Å². The van der Waals surface area contributed by atoms with E-state index in [1.165, 1.54) is 5.56 Å². The number of hydrogen-bond donors (Lipinski definition) is 0. The Hall–Kier alpha value is -2.95. The van der Waals surface area contributed by atoms with E-state index in [1.807, 2.05) is 30.5 Å². The van der Waals surface area contributed by atoms with Crippen LogP contribution in [0.25, 0.3) is 0 Å². The third-order valence-corrected chi connectivity index (χ3v) is 5.80. The molecule has 3 atom stereocenters. The fourth-order valence-corrected chi connectivity index (χ4v) is 4.48. The molecule has 3 aliphatic heterocycles. The molecule has 5 heteroatoms. The molecule has 0 aliphatic carbocycles. The highest BCUT2D eigenvalue weighted by molar-refractivity contribution is 5.90. The lowest BCUT2D eigenvalue weighted by molar-refractivity contribution is -0.161. The summed E-state index contributed by atoms with van der Waals surface area (Å²) in [6, 6.07) is 16.4. The Labute approximate surface area is 159 Å². The maximum Gasteiger partial charge on any atom is 0.250 e. The molecular formula is C22H22N4O. The summed E-state index contributed by atoms with van der Waals surface area (Å²) in [5.41, 5.74) is 4.42. The molecular weight excluding hydrogens is 336 g/mol. The van der Waals surface area contributed by atoms with Gasteiger partial charge in [0.1, 0.15) is 0 Å². The lowest BCUT2D eigenvalue weighted by Crippen LogP contribution is -2.55. The number of nitrogens with zero attached hydrogens (tertiary/aromatic N) is 4. The standard InChI is InChI=1S/C22H22N4O/c1-2-3-10-19-20-17-11-6-4-8-15(17)13-23-25(20)21-18-12-7-5-9-16(18)14-24-26(21)22(19)27/h4-9,11-14,19-21H,2-3,10H2,1H3. The fraction of sp³-hybridized carbons (Fsp3) is 0.318. The summed E-state index contributed by atoms with van der Waals surface area (Å²) < 4.78 is 0. The second-order valence-corrected chi connectivity index (χ2v) is 7.38. The quantitative estimate of drug-likeness (QED) is 0.830. The van der Waals surface area contributed by atoms with Crippen LogP contribution in [0.1, 0.15) is 60.6 Å². The number of benzene rings is 2. The smallest absolute Gasteiger partial charge is 0.250 e. The molecule has 0 radical (unpaired) electrons. The van der Waals surface area contributed by atoms with Crippen molar-refractivity contribution in [3.05, 3.63) is 70.8 Å². The van der Waals surface area contributed by atoms with Gasteiger partial charge in [0.05, 0.1) is 24.4 Å². The third kappa shape index (κ3) is 2.41. The van der Waals surface area contributed by atoms with Crippen LogP contribution in [0.2, 0.25) is 0 Å². The number of unbranched alkanes of at least 4 members (excludes halogenated alkanes) is 1. The minimum absolute atomic E-state index is 0.0483. The Morgan fingerprint density at radius 3 is 2.37 bits per heavy atom. The van der Waals surface area contributed by atoms with E-state index in [-0.39, 0.29) is 24.0 Å². The van der Waals surface area contributed by atoms with Gasteiger partial charge < -0.3 is 0 Å². The van der Waals surface area contributed by atoms with Crippen molar-refractivity contribution in [2.45, 2.75) is 38.4 Å². The lowest BCUT2D eigenvalue weighted by Gasteiger charge is -2.50. The van der Waals surface area contributed by atoms with Crippen LogP contribution in [0.4, 0.5) is 0 Å². The summed E-state index contributed by atoms with van der Waals surface area (Å²) >= 11 is 0. The molecule has 0 aromatic heterocycles. The van der Waals surface area contributed by atoms with E-state index in [2.05, 4.69) is 41.3 Å². The van der Waals surface area contributed by atoms with Gasteiger partial charge in [-0.2, -0.15) is 10.2 Å². The van der Waals surface area contributed by atoms with Crippen LogP contribution in [0.5, 0.6) is 0 Å². The van der Waals surface area contributed by atoms with Gasteiger partial charge in [0, 0.05) is 11.1 Å². The van der Waals surface area contributed by atoms with Crippen molar-refractivity contribution in [1.82, 2.24) is 10.0 Å². The molecule has 3 heterocycles. The van der Waals surface area contributed by atoms with E-state index >= 15 is 0 Å². The predicted molar refractivity (Wildman–Crippen MR) is 105 cm³/mol. The first-order valence-corrected chi connectivity index (χ1v) is 9.67. The first-order valence-electron chi connectivity index (χ1n) is 9.67. The molecule has 27 heavy (non-hydrogen) atoms. The minimum Gasteiger partial charge on any atom is -0.272 e. The Morgan fingerprint density at radius 2 is 1.59 bits per heavy atom. The third-order valence-electron chi connectivity index (χ3n) is 5.80. The van der Waals surface area contributed by atoms with Crippen molar-refractivity contribution in [2.24, 2.45) is 16.1 Å². The van der Waals surface area contributed by atoms with E-state index in [0.29, 0.717) is 0 Å². The van der Waals surface area contributed by atoms with Gasteiger partial charge >= 0.3 is 0 Å². The highest BCUT2D eigenvalue weighted by Gasteiger charge is 2.50. The predicted octanol–water partition coefficient (Wildman–Crippen LogP) is 4.07. The summed E-state index contributed by atoms with van der Waals surface area (Å²) in [6.45, 7) is 2.16. The second-order valence-electron chi connectivity index (χ2n) is 7.38. The van der Waals surface area contributed by atoms with Crippen LogP contribution in [-0.4, -0.2) is 28.4 Å². The number of hydrogen-bond acceptors (Lipinski definition) is 4. The molecule has 2 aromatic carbocycles. The van der Waals surface area contributed by atoms with Crippen LogP contribution >= 0.6 is 0 Å². The topological polar surface area (TPSA) is 48.3 Å². The first kappa shape index (κ1) is 16.2. The monoisotopic (exact) mass is 358 g/mol. The molecule has 5 nitrogen and oxygen atoms in total. The van der Waals surface area contributed by atoms with Gasteiger partial charge in [0.25, 0.3) is 5.91 Å². The average Bonchev–Trinajstić information content (AvgIpc) is 2.72. The van der Waals surface area contributed by atoms with E-state index in [9.17, 15) is 4.79 Å². The van der Waals surface area contributed by atoms with E-state index < -0.39 is 0 Å². The highest BCUT2D eigenvalue weighted by Crippen LogP contribution is 2.48. The summed E-state index contributed by atoms with van der Waals surface area (Å²) in [7, 11) is 0. The van der Waals surface area contributed by atoms with Gasteiger partial charge in [-0.05, 0) is 17.5 Å². The minimum atomic E-state index is -0.286. The van der Waals surface area contributed by atoms with E-state index in [1.54, 1.807) is 11.2 Å². The zero-order chi connectivity index (χ0) is 18.4. The van der Waals surface area contributed by atoms with Crippen LogP contribution in [0.3, 0.4) is 0 Å². The number of amides is 1. The summed E-state index contributed by atoms with van der Waals surface area (Å²) in [6.07, 6.45) is 6.36. The van der Waals surface area contributed by atoms with Gasteiger partial charge in [-0.3, -0.25) is 9.80 Å². The van der Waals surface area contributed by atoms with Gasteiger partial charge in [0.2, 0.25) is 0 Å². The van der Waals surface area contributed by atoms with E-state index in [4.69, 9.17) is 5.10 Å². The Balaban J connectivity index is 1.66. The number of carbonyl (C=O) groups excluding carboxylic acids is 1. The molecule has 3 unspecified atom stereocenters. The zero-order valence-electron chi connectivity index (χ0n) is 15.3. The maximum atomic E-state index is 13.5. The maximum absolute atomic E-state index is 13.5. The number of fused-ring (bicyclic) bond motifs is 7. The van der Waals surface area contributed by atoms with Gasteiger partial charge in [-0.15, -0.1) is 0 Å². The Bertz CT molecular complexity index is 951. The van der Waals surface area contributed by atoms with Crippen LogP contribution in [0.15, 0.2) is 58.7 Å². The van der Waals surface area contributed by atoms with Crippen LogP contribution < -0.4 is 0 Å². The Morgan fingerprint density at radius 1 is 0.926 bits per heavy atom. The second kappa shape index (κ2) is 6.34. The van der Waals surface area contributed by atoms with Gasteiger partial charge in [-0.25, -0.2) is 5.01 Å². The molecule has 0 spiro atoms. The zero-order valence-corrected chi connectivity index (χ0v) is 15.3. The normalized spacial score (nSPS) is 24.9. The molecule has 1 fully saturated rings. The SMILES string of the molecule is CCCCC1C(=O)N2N=Cc3ccccc3C2N2N=Cc3ccccc3C12. The fourth-order valence-electron chi connectivity index (χ4n) is 4.48. The molecule has 0 N–H and O–H groups in total. The number of hydrazone groups is 2. The van der Waals surface area contributed by atoms with Gasteiger partial charge in [-0.1, -0.05) is 68.3 Å². The molecule has 1 saturated heterocycles. The molecule has 3 aliphatic rings. The molecule has 2 aromatic rings. The average molecular weight is 358 g/mol. The van der Waals surface area contributed by atoms with Gasteiger partial charge in [0.15, 0.2) is 6.17 Å². The molecule has 1 amide bonds. The van der Waals surface area contributed by atoms with Crippen molar-refractivity contribution < 1.29 is 4.79 Å². The molecule has 5 rings (SSSR count). The lowest BCUT2D eigenvalue weighted by atomic mass is 9.81. The highest BCUT2D eigenvalue weighted by atomic mass is 16.2. The van der Waals surface area contributed by atoms with Crippen molar-refractivity contribution in [3.63, 3.8) is 0 Å². The first-order chi connectivity index (χ1) is 13.3. The van der Waals surface area contributed by atoms with Crippen molar-refractivity contribution in [3.8, 4) is 0 Å². The number of rotatable bonds is 3. The van der Waals surface area contributed by atoms with Crippen molar-refractivity contribution in [1.29, 1.82) is 0 Å².